The van der Waals surface area contributed by atoms with Crippen molar-refractivity contribution in [1.82, 2.24) is 10.2 Å². The molecule has 6 nitrogen and oxygen atoms in total. The Morgan fingerprint density at radius 3 is 2.57 bits per heavy atom. The highest BCUT2D eigenvalue weighted by atomic mass is 16.5. The van der Waals surface area contributed by atoms with Gasteiger partial charge in [-0.25, -0.2) is 4.79 Å². The van der Waals surface area contributed by atoms with Crippen LogP contribution in [0.2, 0.25) is 0 Å². The topological polar surface area (TPSA) is 62.8 Å². The second kappa shape index (κ2) is 8.10. The summed E-state index contributed by atoms with van der Waals surface area (Å²) >= 11 is 0. The van der Waals surface area contributed by atoms with E-state index in [9.17, 15) is 4.79 Å². The van der Waals surface area contributed by atoms with Gasteiger partial charge in [-0.05, 0) is 50.1 Å². The van der Waals surface area contributed by atoms with Crippen LogP contribution in [0.1, 0.15) is 19.3 Å². The molecule has 2 aliphatic heterocycles. The van der Waals surface area contributed by atoms with Gasteiger partial charge in [-0.3, -0.25) is 0 Å². The van der Waals surface area contributed by atoms with Crippen molar-refractivity contribution in [3.8, 4) is 17.2 Å². The molecule has 2 N–H and O–H groups in total. The van der Waals surface area contributed by atoms with Crippen LogP contribution in [0.15, 0.2) is 48.5 Å². The van der Waals surface area contributed by atoms with Crippen molar-refractivity contribution in [2.75, 3.05) is 38.6 Å². The number of benzene rings is 2. The number of carbonyl (C=O) groups is 1. The second-order valence-corrected chi connectivity index (χ2v) is 7.63. The number of likely N-dealkylation sites (tertiary alicyclic amines) is 1. The van der Waals surface area contributed by atoms with Crippen LogP contribution in [0.5, 0.6) is 17.2 Å². The van der Waals surface area contributed by atoms with E-state index in [4.69, 9.17) is 9.47 Å². The van der Waals surface area contributed by atoms with Crippen molar-refractivity contribution < 1.29 is 14.3 Å². The number of methoxy groups -OCH3 is 1. The summed E-state index contributed by atoms with van der Waals surface area (Å²) in [5.74, 6) is 1.85. The van der Waals surface area contributed by atoms with Crippen LogP contribution in [0.4, 0.5) is 10.5 Å². The highest BCUT2D eigenvalue weighted by Crippen LogP contribution is 2.37. The molecule has 2 saturated heterocycles. The summed E-state index contributed by atoms with van der Waals surface area (Å²) < 4.78 is 11.4. The molecule has 148 valence electrons. The van der Waals surface area contributed by atoms with E-state index in [2.05, 4.69) is 10.6 Å². The van der Waals surface area contributed by atoms with Gasteiger partial charge in [0.15, 0.2) is 17.2 Å². The Kier molecular flexibility index (Phi) is 5.39. The third kappa shape index (κ3) is 3.92. The van der Waals surface area contributed by atoms with E-state index in [1.807, 2.05) is 53.4 Å². The lowest BCUT2D eigenvalue weighted by atomic mass is 9.79. The maximum Gasteiger partial charge on any atom is 0.321 e. The molecule has 0 aliphatic carbocycles. The van der Waals surface area contributed by atoms with Gasteiger partial charge in [0.25, 0.3) is 0 Å². The number of nitrogens with one attached hydrogen (secondary N) is 2. The smallest absolute Gasteiger partial charge is 0.321 e. The summed E-state index contributed by atoms with van der Waals surface area (Å²) in [7, 11) is 1.61. The van der Waals surface area contributed by atoms with Gasteiger partial charge >= 0.3 is 6.03 Å². The fourth-order valence-electron chi connectivity index (χ4n) is 4.20. The Morgan fingerprint density at radius 1 is 1.07 bits per heavy atom. The van der Waals surface area contributed by atoms with Crippen LogP contribution < -0.4 is 20.1 Å². The number of para-hydroxylation sites is 4. The number of amides is 2. The molecule has 2 heterocycles. The normalized spacial score (nSPS) is 21.5. The predicted octanol–water partition coefficient (Wildman–Crippen LogP) is 4.09. The minimum Gasteiger partial charge on any atom is -0.493 e. The standard InChI is InChI=1S/C22H27N3O3/c1-27-19-9-4-5-10-20(19)28-18-8-3-2-7-17(18)24-21(26)25-14-6-11-22(16-25)12-13-23-15-22/h2-5,7-10,23H,6,11-16H2,1H3,(H,24,26)/t22-/m1/s1. The molecule has 1 spiro atoms. The first-order valence-electron chi connectivity index (χ1n) is 9.86. The minimum absolute atomic E-state index is 0.0675. The number of urea groups is 1. The molecule has 6 heteroatoms. The van der Waals surface area contributed by atoms with E-state index in [0.29, 0.717) is 22.9 Å². The van der Waals surface area contributed by atoms with E-state index < -0.39 is 0 Å². The van der Waals surface area contributed by atoms with E-state index in [0.717, 1.165) is 39.0 Å². The number of hydrogen-bond donors (Lipinski definition) is 2. The molecule has 1 atom stereocenters. The molecule has 0 saturated carbocycles. The minimum atomic E-state index is -0.0675. The zero-order valence-electron chi connectivity index (χ0n) is 16.2. The fourth-order valence-corrected chi connectivity index (χ4v) is 4.20. The molecule has 2 aromatic rings. The van der Waals surface area contributed by atoms with Crippen molar-refractivity contribution in [2.45, 2.75) is 19.3 Å². The summed E-state index contributed by atoms with van der Waals surface area (Å²) in [5, 5.41) is 6.49. The number of anilines is 1. The van der Waals surface area contributed by atoms with Gasteiger partial charge in [-0.15, -0.1) is 0 Å². The first kappa shape index (κ1) is 18.6. The molecule has 2 amide bonds. The van der Waals surface area contributed by atoms with Crippen LogP contribution in [0, 0.1) is 5.41 Å². The largest absolute Gasteiger partial charge is 0.493 e. The van der Waals surface area contributed by atoms with Gasteiger partial charge in [0.05, 0.1) is 12.8 Å². The summed E-state index contributed by atoms with van der Waals surface area (Å²) in [6.07, 6.45) is 3.38. The van der Waals surface area contributed by atoms with Gasteiger partial charge in [0.2, 0.25) is 0 Å². The van der Waals surface area contributed by atoms with Crippen molar-refractivity contribution >= 4 is 11.7 Å². The van der Waals surface area contributed by atoms with Crippen LogP contribution >= 0.6 is 0 Å². The number of ether oxygens (including phenoxy) is 2. The molecular formula is C22H27N3O3. The number of hydrogen-bond acceptors (Lipinski definition) is 4. The Balaban J connectivity index is 1.48. The molecule has 0 radical (unpaired) electrons. The molecule has 28 heavy (non-hydrogen) atoms. The summed E-state index contributed by atoms with van der Waals surface area (Å²) in [5.41, 5.74) is 0.894. The first-order chi connectivity index (χ1) is 13.7. The molecule has 2 aliphatic rings. The highest BCUT2D eigenvalue weighted by molar-refractivity contribution is 5.91. The van der Waals surface area contributed by atoms with Crippen molar-refractivity contribution in [2.24, 2.45) is 5.41 Å². The molecule has 4 rings (SSSR count). The Bertz CT molecular complexity index is 833. The molecule has 0 unspecified atom stereocenters. The lowest BCUT2D eigenvalue weighted by Gasteiger charge is -2.39. The molecule has 0 aromatic heterocycles. The SMILES string of the molecule is COc1ccccc1Oc1ccccc1NC(=O)N1CCC[C@]2(CCNC2)C1. The molecular weight excluding hydrogens is 354 g/mol. The average Bonchev–Trinajstić information content (AvgIpc) is 3.17. The van der Waals surface area contributed by atoms with E-state index in [1.54, 1.807) is 7.11 Å². The number of rotatable bonds is 4. The maximum absolute atomic E-state index is 12.9. The predicted molar refractivity (Wildman–Crippen MR) is 109 cm³/mol. The van der Waals surface area contributed by atoms with Gasteiger partial charge < -0.3 is 25.0 Å². The van der Waals surface area contributed by atoms with Gasteiger partial charge in [0.1, 0.15) is 0 Å². The van der Waals surface area contributed by atoms with Crippen LogP contribution in [0.3, 0.4) is 0 Å². The Labute approximate surface area is 165 Å². The van der Waals surface area contributed by atoms with Crippen LogP contribution in [-0.2, 0) is 0 Å². The van der Waals surface area contributed by atoms with Crippen molar-refractivity contribution in [1.29, 1.82) is 0 Å². The third-order valence-electron chi connectivity index (χ3n) is 5.70. The van der Waals surface area contributed by atoms with Crippen LogP contribution in [0.25, 0.3) is 0 Å². The summed E-state index contributed by atoms with van der Waals surface area (Å²) in [4.78, 5) is 14.9. The molecule has 0 bridgehead atoms. The summed E-state index contributed by atoms with van der Waals surface area (Å²) in [6, 6.07) is 14.9. The maximum atomic E-state index is 12.9. The highest BCUT2D eigenvalue weighted by Gasteiger charge is 2.39. The Morgan fingerprint density at radius 2 is 1.82 bits per heavy atom. The lowest BCUT2D eigenvalue weighted by Crippen LogP contribution is -2.48. The van der Waals surface area contributed by atoms with Crippen molar-refractivity contribution in [3.05, 3.63) is 48.5 Å². The number of piperidine rings is 1. The fraction of sp³-hybridized carbons (Fsp3) is 0.409. The zero-order valence-corrected chi connectivity index (χ0v) is 16.2. The number of nitrogens with zero attached hydrogens (tertiary/aromatic N) is 1. The lowest BCUT2D eigenvalue weighted by molar-refractivity contribution is 0.125. The van der Waals surface area contributed by atoms with E-state index in [-0.39, 0.29) is 11.4 Å². The zero-order chi connectivity index (χ0) is 19.4. The second-order valence-electron chi connectivity index (χ2n) is 7.63. The van der Waals surface area contributed by atoms with Gasteiger partial charge in [-0.2, -0.15) is 0 Å². The molecule has 2 fully saturated rings. The first-order valence-corrected chi connectivity index (χ1v) is 9.86. The average molecular weight is 381 g/mol. The van der Waals surface area contributed by atoms with Gasteiger partial charge in [-0.1, -0.05) is 24.3 Å². The Hall–Kier alpha value is -2.73. The monoisotopic (exact) mass is 381 g/mol. The van der Waals surface area contributed by atoms with E-state index >= 15 is 0 Å². The summed E-state index contributed by atoms with van der Waals surface area (Å²) in [6.45, 7) is 3.65. The van der Waals surface area contributed by atoms with Crippen LogP contribution in [-0.4, -0.2) is 44.2 Å². The molecule has 2 aromatic carbocycles. The van der Waals surface area contributed by atoms with Crippen molar-refractivity contribution in [3.63, 3.8) is 0 Å². The number of carbonyl (C=O) groups excluding carboxylic acids is 1. The van der Waals surface area contributed by atoms with Gasteiger partial charge in [0, 0.05) is 25.0 Å². The quantitative estimate of drug-likeness (QED) is 0.837. The third-order valence-corrected chi connectivity index (χ3v) is 5.70. The van der Waals surface area contributed by atoms with E-state index in [1.165, 1.54) is 6.42 Å².